The fourth-order valence-electron chi connectivity index (χ4n) is 4.50. The van der Waals surface area contributed by atoms with Crippen molar-refractivity contribution in [3.05, 3.63) is 35.5 Å². The first-order valence-corrected chi connectivity index (χ1v) is 9.64. The van der Waals surface area contributed by atoms with Crippen molar-refractivity contribution >= 4 is 11.0 Å². The molecule has 4 heterocycles. The number of aromatic nitrogens is 3. The highest BCUT2D eigenvalue weighted by Gasteiger charge is 2.24. The molecule has 0 radical (unpaired) electrons. The summed E-state index contributed by atoms with van der Waals surface area (Å²) < 4.78 is 7.82. The van der Waals surface area contributed by atoms with E-state index in [1.807, 2.05) is 12.1 Å². The van der Waals surface area contributed by atoms with E-state index in [0.717, 1.165) is 58.7 Å². The highest BCUT2D eigenvalue weighted by atomic mass is 16.5. The number of nitrogens with zero attached hydrogens (tertiary/aromatic N) is 4. The lowest BCUT2D eigenvalue weighted by Gasteiger charge is -2.30. The number of benzene rings is 1. The largest absolute Gasteiger partial charge is 0.507 e. The number of aryl methyl sites for hydroxylation is 1. The van der Waals surface area contributed by atoms with E-state index in [2.05, 4.69) is 45.9 Å². The zero-order valence-electron chi connectivity index (χ0n) is 15.8. The molecule has 0 saturated carbocycles. The van der Waals surface area contributed by atoms with Gasteiger partial charge in [0.05, 0.1) is 6.61 Å². The molecule has 6 heteroatoms. The Balaban J connectivity index is 1.59. The molecule has 1 fully saturated rings. The highest BCUT2D eigenvalue weighted by Crippen LogP contribution is 2.41. The van der Waals surface area contributed by atoms with Crippen LogP contribution in [-0.2, 0) is 6.42 Å². The topological polar surface area (TPSA) is 63.4 Å². The van der Waals surface area contributed by atoms with Gasteiger partial charge in [0.1, 0.15) is 17.2 Å². The summed E-state index contributed by atoms with van der Waals surface area (Å²) in [4.78, 5) is 2.37. The van der Waals surface area contributed by atoms with Gasteiger partial charge in [0, 0.05) is 41.7 Å². The minimum atomic E-state index is 0.273. The fourth-order valence-corrected chi connectivity index (χ4v) is 4.50. The van der Waals surface area contributed by atoms with E-state index in [1.165, 1.54) is 12.8 Å². The number of fused-ring (bicyclic) bond motifs is 2. The Labute approximate surface area is 158 Å². The maximum absolute atomic E-state index is 10.7. The first kappa shape index (κ1) is 16.6. The average Bonchev–Trinajstić information content (AvgIpc) is 3.30. The van der Waals surface area contributed by atoms with E-state index in [0.29, 0.717) is 12.6 Å². The third kappa shape index (κ3) is 2.58. The number of likely N-dealkylation sites (N-methyl/N-ethyl adjacent to an activating group) is 1. The summed E-state index contributed by atoms with van der Waals surface area (Å²) in [6.45, 7) is 4.88. The van der Waals surface area contributed by atoms with E-state index in [1.54, 1.807) is 0 Å². The Morgan fingerprint density at radius 2 is 2.11 bits per heavy atom. The summed E-state index contributed by atoms with van der Waals surface area (Å²) in [6.07, 6.45) is 5.24. The Morgan fingerprint density at radius 3 is 2.96 bits per heavy atom. The molecule has 27 heavy (non-hydrogen) atoms. The first-order valence-electron chi connectivity index (χ1n) is 9.64. The lowest BCUT2D eigenvalue weighted by Crippen LogP contribution is -2.33. The summed E-state index contributed by atoms with van der Waals surface area (Å²) in [5.74, 6) is 1.05. The van der Waals surface area contributed by atoms with Crippen LogP contribution in [0.15, 0.2) is 24.4 Å². The first-order chi connectivity index (χ1) is 13.1. The molecule has 140 valence electrons. The van der Waals surface area contributed by atoms with Crippen molar-refractivity contribution in [2.75, 3.05) is 26.7 Å². The zero-order chi connectivity index (χ0) is 18.5. The van der Waals surface area contributed by atoms with E-state index < -0.39 is 0 Å². The molecule has 1 aromatic carbocycles. The molecular formula is C21H24N4O2. The minimum absolute atomic E-state index is 0.273. The number of rotatable bonds is 2. The van der Waals surface area contributed by atoms with Gasteiger partial charge in [-0.05, 0) is 57.1 Å². The number of phenolic OH excluding ortho intramolecular Hbond substituents is 1. The van der Waals surface area contributed by atoms with Crippen LogP contribution in [0.3, 0.4) is 0 Å². The van der Waals surface area contributed by atoms with E-state index in [4.69, 9.17) is 4.74 Å². The van der Waals surface area contributed by atoms with Gasteiger partial charge in [-0.3, -0.25) is 0 Å². The van der Waals surface area contributed by atoms with Crippen LogP contribution in [-0.4, -0.2) is 51.5 Å². The van der Waals surface area contributed by atoms with Crippen molar-refractivity contribution in [3.63, 3.8) is 0 Å². The number of piperidine rings is 1. The fraction of sp³-hybridized carbons (Fsp3) is 0.429. The molecule has 2 aromatic heterocycles. The second-order valence-electron chi connectivity index (χ2n) is 7.73. The summed E-state index contributed by atoms with van der Waals surface area (Å²) in [5, 5.41) is 20.9. The van der Waals surface area contributed by atoms with Gasteiger partial charge >= 0.3 is 0 Å². The molecule has 0 bridgehead atoms. The van der Waals surface area contributed by atoms with E-state index in [9.17, 15) is 5.11 Å². The van der Waals surface area contributed by atoms with E-state index >= 15 is 0 Å². The van der Waals surface area contributed by atoms with Gasteiger partial charge in [-0.1, -0.05) is 0 Å². The molecule has 3 aromatic rings. The summed E-state index contributed by atoms with van der Waals surface area (Å²) in [6, 6.07) is 6.37. The molecular weight excluding hydrogens is 340 g/mol. The van der Waals surface area contributed by atoms with Crippen molar-refractivity contribution in [3.8, 4) is 22.8 Å². The van der Waals surface area contributed by atoms with Crippen LogP contribution in [0.25, 0.3) is 22.3 Å². The molecule has 0 amide bonds. The smallest absolute Gasteiger partial charge is 0.163 e. The molecule has 6 nitrogen and oxygen atoms in total. The predicted molar refractivity (Wildman–Crippen MR) is 104 cm³/mol. The maximum Gasteiger partial charge on any atom is 0.163 e. The zero-order valence-corrected chi connectivity index (χ0v) is 15.8. The second-order valence-corrected chi connectivity index (χ2v) is 7.73. The Morgan fingerprint density at radius 1 is 1.22 bits per heavy atom. The number of phenols is 1. The van der Waals surface area contributed by atoms with Crippen molar-refractivity contribution < 1.29 is 9.84 Å². The number of hydrogen-bond donors (Lipinski definition) is 1. The monoisotopic (exact) mass is 364 g/mol. The Kier molecular flexibility index (Phi) is 3.82. The molecule has 5 rings (SSSR count). The van der Waals surface area contributed by atoms with Crippen molar-refractivity contribution in [2.24, 2.45) is 0 Å². The quantitative estimate of drug-likeness (QED) is 0.756. The molecule has 1 N–H and O–H groups in total. The van der Waals surface area contributed by atoms with Gasteiger partial charge in [-0.2, -0.15) is 0 Å². The minimum Gasteiger partial charge on any atom is -0.507 e. The average molecular weight is 364 g/mol. The molecule has 2 aliphatic rings. The third-order valence-electron chi connectivity index (χ3n) is 5.99. The van der Waals surface area contributed by atoms with Crippen LogP contribution < -0.4 is 4.74 Å². The Bertz CT molecular complexity index is 1030. The number of aromatic hydroxyl groups is 1. The van der Waals surface area contributed by atoms with Gasteiger partial charge in [0.25, 0.3) is 0 Å². The molecule has 0 unspecified atom stereocenters. The number of ether oxygens (including phenoxy) is 1. The standard InChI is InChI=1S/C21H24N4O2/c1-13-15-7-10-25(14-4-3-9-24(2)12-14)21(15)23-22-19(13)17-5-6-18-16(20(17)26)8-11-27-18/h5-7,10,14,26H,3-4,8-9,11-12H2,1-2H3/t14-/m1/s1. The van der Waals surface area contributed by atoms with Crippen LogP contribution in [0.4, 0.5) is 0 Å². The van der Waals surface area contributed by atoms with Crippen molar-refractivity contribution in [2.45, 2.75) is 32.2 Å². The molecule has 1 saturated heterocycles. The lowest BCUT2D eigenvalue weighted by atomic mass is 10.0. The molecule has 1 atom stereocenters. The maximum atomic E-state index is 10.7. The van der Waals surface area contributed by atoms with Crippen molar-refractivity contribution in [1.29, 1.82) is 0 Å². The number of hydrogen-bond acceptors (Lipinski definition) is 5. The normalized spacial score (nSPS) is 20.0. The van der Waals surface area contributed by atoms with Gasteiger partial charge in [-0.15, -0.1) is 10.2 Å². The van der Waals surface area contributed by atoms with Crippen molar-refractivity contribution in [1.82, 2.24) is 19.7 Å². The van der Waals surface area contributed by atoms with Gasteiger partial charge in [-0.25, -0.2) is 0 Å². The highest BCUT2D eigenvalue weighted by molar-refractivity contribution is 5.87. The van der Waals surface area contributed by atoms with Crippen LogP contribution >= 0.6 is 0 Å². The van der Waals surface area contributed by atoms with Crippen LogP contribution in [0.2, 0.25) is 0 Å². The lowest BCUT2D eigenvalue weighted by molar-refractivity contribution is 0.214. The summed E-state index contributed by atoms with van der Waals surface area (Å²) >= 11 is 0. The van der Waals surface area contributed by atoms with Gasteiger partial charge in [0.2, 0.25) is 0 Å². The molecule has 0 aliphatic carbocycles. The molecule has 0 spiro atoms. The van der Waals surface area contributed by atoms with Crippen LogP contribution in [0.5, 0.6) is 11.5 Å². The third-order valence-corrected chi connectivity index (χ3v) is 5.99. The molecule has 2 aliphatic heterocycles. The van der Waals surface area contributed by atoms with Crippen LogP contribution in [0.1, 0.15) is 30.0 Å². The second kappa shape index (κ2) is 6.23. The van der Waals surface area contributed by atoms with Gasteiger partial charge < -0.3 is 19.3 Å². The van der Waals surface area contributed by atoms with E-state index in [-0.39, 0.29) is 5.75 Å². The van der Waals surface area contributed by atoms with Crippen LogP contribution in [0, 0.1) is 6.92 Å². The SMILES string of the molecule is Cc1c(-c2ccc3c(c2O)CCO3)nnc2c1ccn2[C@@H]1CCCN(C)C1. The van der Waals surface area contributed by atoms with Gasteiger partial charge in [0.15, 0.2) is 5.65 Å². The summed E-state index contributed by atoms with van der Waals surface area (Å²) in [7, 11) is 2.17. The predicted octanol–water partition coefficient (Wildman–Crippen LogP) is 3.31. The number of likely N-dealkylation sites (tertiary alicyclic amines) is 1. The summed E-state index contributed by atoms with van der Waals surface area (Å²) in [5.41, 5.74) is 4.33. The Hall–Kier alpha value is -2.60.